The molecule has 136 valence electrons. The van der Waals surface area contributed by atoms with Gasteiger partial charge in [-0.05, 0) is 12.1 Å². The molecule has 3 heterocycles. The van der Waals surface area contributed by atoms with Crippen LogP contribution in [0.5, 0.6) is 0 Å². The molecule has 0 radical (unpaired) electrons. The van der Waals surface area contributed by atoms with Gasteiger partial charge in [-0.2, -0.15) is 0 Å². The highest BCUT2D eigenvalue weighted by Gasteiger charge is 2.22. The van der Waals surface area contributed by atoms with E-state index in [0.29, 0.717) is 24.2 Å². The first-order valence-corrected chi connectivity index (χ1v) is 8.75. The van der Waals surface area contributed by atoms with Crippen LogP contribution >= 0.6 is 0 Å². The molecule has 0 saturated carbocycles. The topological polar surface area (TPSA) is 76.5 Å². The molecule has 1 saturated heterocycles. The molecule has 0 spiro atoms. The smallest absolute Gasteiger partial charge is 0.408 e. The summed E-state index contributed by atoms with van der Waals surface area (Å²) in [6, 6.07) is 7.16. The molecule has 0 aliphatic carbocycles. The van der Waals surface area contributed by atoms with Crippen LogP contribution in [0.1, 0.15) is 0 Å². The van der Waals surface area contributed by atoms with Gasteiger partial charge in [0.05, 0.1) is 11.8 Å². The Morgan fingerprint density at radius 3 is 2.69 bits per heavy atom. The fourth-order valence-corrected chi connectivity index (χ4v) is 3.30. The Hall–Kier alpha value is -2.87. The minimum absolute atomic E-state index is 0.0187. The molecule has 1 fully saturated rings. The van der Waals surface area contributed by atoms with Crippen LogP contribution in [0.4, 0.5) is 0 Å². The monoisotopic (exact) mass is 355 g/mol. The Bertz CT molecular complexity index is 935. The lowest BCUT2D eigenvalue weighted by Crippen LogP contribution is -2.50. The van der Waals surface area contributed by atoms with Gasteiger partial charge >= 0.3 is 5.76 Å². The minimum atomic E-state index is -0.487. The van der Waals surface area contributed by atoms with E-state index in [1.807, 2.05) is 28.1 Å². The molecule has 2 aromatic heterocycles. The van der Waals surface area contributed by atoms with Crippen LogP contribution in [-0.2, 0) is 17.9 Å². The summed E-state index contributed by atoms with van der Waals surface area (Å²) in [6.45, 7) is 4.86. The Morgan fingerprint density at radius 1 is 1.12 bits per heavy atom. The molecule has 1 amide bonds. The van der Waals surface area contributed by atoms with Crippen LogP contribution in [0, 0.1) is 0 Å². The summed E-state index contributed by atoms with van der Waals surface area (Å²) in [5.74, 6) is -0.536. The highest BCUT2D eigenvalue weighted by Crippen LogP contribution is 2.12. The lowest BCUT2D eigenvalue weighted by Gasteiger charge is -2.34. The molecular formula is C18H21N5O3. The molecule has 0 N–H and O–H groups in total. The molecule has 4 rings (SSSR count). The van der Waals surface area contributed by atoms with Crippen molar-refractivity contribution >= 4 is 17.0 Å². The van der Waals surface area contributed by atoms with Crippen LogP contribution in [0.15, 0.2) is 52.2 Å². The standard InChI is InChI=1S/C18H21N5O3/c24-17(13-23-15-3-1-2-4-16(15)26-18(23)25)22-11-9-20(10-12-22)7-8-21-6-5-19-14-21/h1-6,14H,7-13H2. The number of benzene rings is 1. The van der Waals surface area contributed by atoms with E-state index in [4.69, 9.17) is 4.42 Å². The average molecular weight is 355 g/mol. The summed E-state index contributed by atoms with van der Waals surface area (Å²) < 4.78 is 8.65. The zero-order valence-electron chi connectivity index (χ0n) is 14.5. The van der Waals surface area contributed by atoms with Crippen molar-refractivity contribution in [2.24, 2.45) is 0 Å². The Kier molecular flexibility index (Phi) is 4.57. The SMILES string of the molecule is O=C(Cn1c(=O)oc2ccccc21)N1CCN(CCn2ccnc2)CC1. The fraction of sp³-hybridized carbons (Fsp3) is 0.389. The number of amides is 1. The molecular weight excluding hydrogens is 334 g/mol. The molecule has 0 atom stereocenters. The number of hydrogen-bond acceptors (Lipinski definition) is 5. The molecule has 26 heavy (non-hydrogen) atoms. The van der Waals surface area contributed by atoms with E-state index in [9.17, 15) is 9.59 Å². The quantitative estimate of drug-likeness (QED) is 0.671. The predicted octanol–water partition coefficient (Wildman–Crippen LogP) is 0.635. The second-order valence-corrected chi connectivity index (χ2v) is 6.44. The third kappa shape index (κ3) is 3.41. The van der Waals surface area contributed by atoms with E-state index in [0.717, 1.165) is 26.2 Å². The van der Waals surface area contributed by atoms with Crippen molar-refractivity contribution in [3.05, 3.63) is 53.5 Å². The van der Waals surface area contributed by atoms with Gasteiger partial charge in [0, 0.05) is 51.7 Å². The molecule has 1 aromatic carbocycles. The van der Waals surface area contributed by atoms with Gasteiger partial charge < -0.3 is 13.9 Å². The van der Waals surface area contributed by atoms with Crippen molar-refractivity contribution in [2.75, 3.05) is 32.7 Å². The zero-order chi connectivity index (χ0) is 17.9. The van der Waals surface area contributed by atoms with Gasteiger partial charge in [-0.1, -0.05) is 12.1 Å². The number of nitrogens with zero attached hydrogens (tertiary/aromatic N) is 5. The summed E-state index contributed by atoms with van der Waals surface area (Å²) in [4.78, 5) is 32.8. The van der Waals surface area contributed by atoms with Crippen molar-refractivity contribution in [1.82, 2.24) is 23.9 Å². The number of oxazole rings is 1. The molecule has 0 unspecified atom stereocenters. The van der Waals surface area contributed by atoms with Crippen molar-refractivity contribution < 1.29 is 9.21 Å². The van der Waals surface area contributed by atoms with Crippen LogP contribution in [0.25, 0.3) is 11.1 Å². The zero-order valence-corrected chi connectivity index (χ0v) is 14.5. The molecule has 0 bridgehead atoms. The number of fused-ring (bicyclic) bond motifs is 1. The number of carbonyl (C=O) groups is 1. The maximum Gasteiger partial charge on any atom is 0.420 e. The predicted molar refractivity (Wildman–Crippen MR) is 95.7 cm³/mol. The largest absolute Gasteiger partial charge is 0.420 e. The highest BCUT2D eigenvalue weighted by atomic mass is 16.4. The normalized spacial score (nSPS) is 15.6. The first-order chi connectivity index (χ1) is 12.7. The van der Waals surface area contributed by atoms with E-state index in [1.165, 1.54) is 4.57 Å². The number of hydrogen-bond donors (Lipinski definition) is 0. The number of aromatic nitrogens is 3. The van der Waals surface area contributed by atoms with Gasteiger partial charge in [-0.25, -0.2) is 9.78 Å². The molecule has 1 aliphatic rings. The van der Waals surface area contributed by atoms with Crippen molar-refractivity contribution in [3.63, 3.8) is 0 Å². The Labute approximate surface area is 150 Å². The van der Waals surface area contributed by atoms with Crippen molar-refractivity contribution in [3.8, 4) is 0 Å². The number of piperazine rings is 1. The van der Waals surface area contributed by atoms with Crippen LogP contribution in [-0.4, -0.2) is 62.5 Å². The van der Waals surface area contributed by atoms with Crippen LogP contribution in [0.3, 0.4) is 0 Å². The number of carbonyl (C=O) groups excluding carboxylic acids is 1. The second kappa shape index (κ2) is 7.17. The third-order valence-corrected chi connectivity index (χ3v) is 4.83. The Balaban J connectivity index is 1.33. The van der Waals surface area contributed by atoms with Crippen molar-refractivity contribution in [1.29, 1.82) is 0 Å². The maximum absolute atomic E-state index is 12.6. The average Bonchev–Trinajstić information content (AvgIpc) is 3.29. The minimum Gasteiger partial charge on any atom is -0.408 e. The van der Waals surface area contributed by atoms with E-state index >= 15 is 0 Å². The summed E-state index contributed by atoms with van der Waals surface area (Å²) in [5.41, 5.74) is 1.17. The number of rotatable bonds is 5. The summed E-state index contributed by atoms with van der Waals surface area (Å²) >= 11 is 0. The summed E-state index contributed by atoms with van der Waals surface area (Å²) in [7, 11) is 0. The maximum atomic E-state index is 12.6. The first kappa shape index (κ1) is 16.6. The fourth-order valence-electron chi connectivity index (χ4n) is 3.30. The Morgan fingerprint density at radius 2 is 1.92 bits per heavy atom. The first-order valence-electron chi connectivity index (χ1n) is 8.75. The lowest BCUT2D eigenvalue weighted by atomic mass is 10.3. The molecule has 8 nitrogen and oxygen atoms in total. The van der Waals surface area contributed by atoms with Gasteiger partial charge in [0.25, 0.3) is 0 Å². The lowest BCUT2D eigenvalue weighted by molar-refractivity contribution is -0.133. The van der Waals surface area contributed by atoms with Gasteiger partial charge in [0.1, 0.15) is 6.54 Å². The van der Waals surface area contributed by atoms with Gasteiger partial charge in [0.2, 0.25) is 5.91 Å². The highest BCUT2D eigenvalue weighted by molar-refractivity contribution is 5.79. The molecule has 3 aromatic rings. The van der Waals surface area contributed by atoms with E-state index in [1.54, 1.807) is 24.4 Å². The molecule has 1 aliphatic heterocycles. The molecule has 8 heteroatoms. The number of imidazole rings is 1. The second-order valence-electron chi connectivity index (χ2n) is 6.44. The van der Waals surface area contributed by atoms with Crippen LogP contribution in [0.2, 0.25) is 0 Å². The number of para-hydroxylation sites is 2. The van der Waals surface area contributed by atoms with Gasteiger partial charge in [0.15, 0.2) is 5.58 Å². The van der Waals surface area contributed by atoms with E-state index < -0.39 is 5.76 Å². The van der Waals surface area contributed by atoms with E-state index in [-0.39, 0.29) is 12.5 Å². The third-order valence-electron chi connectivity index (χ3n) is 4.83. The van der Waals surface area contributed by atoms with Gasteiger partial charge in [-0.15, -0.1) is 0 Å². The van der Waals surface area contributed by atoms with E-state index in [2.05, 4.69) is 9.88 Å². The summed E-state index contributed by atoms with van der Waals surface area (Å²) in [6.07, 6.45) is 5.54. The van der Waals surface area contributed by atoms with Crippen LogP contribution < -0.4 is 5.76 Å². The van der Waals surface area contributed by atoms with Crippen molar-refractivity contribution in [2.45, 2.75) is 13.1 Å². The summed E-state index contributed by atoms with van der Waals surface area (Å²) in [5, 5.41) is 0. The van der Waals surface area contributed by atoms with Gasteiger partial charge in [-0.3, -0.25) is 14.3 Å².